The van der Waals surface area contributed by atoms with Crippen molar-refractivity contribution in [1.82, 2.24) is 4.57 Å². The molecule has 0 spiro atoms. The van der Waals surface area contributed by atoms with Crippen LogP contribution in [0.4, 0.5) is 5.69 Å². The van der Waals surface area contributed by atoms with Gasteiger partial charge in [0.25, 0.3) is 5.56 Å². The molecule has 4 aromatic rings. The normalized spacial score (nSPS) is 15.1. The lowest BCUT2D eigenvalue weighted by Gasteiger charge is -2.25. The molecule has 1 N–H and O–H groups in total. The van der Waals surface area contributed by atoms with Gasteiger partial charge < -0.3 is 14.6 Å². The summed E-state index contributed by atoms with van der Waals surface area (Å²) in [5, 5.41) is 23.6. The van der Waals surface area contributed by atoms with Gasteiger partial charge in [0.15, 0.2) is 10.6 Å². The number of hydrogen-bond acceptors (Lipinski definition) is 9. The van der Waals surface area contributed by atoms with Gasteiger partial charge in [-0.25, -0.2) is 9.79 Å². The van der Waals surface area contributed by atoms with E-state index in [9.17, 15) is 24.8 Å². The molecular formula is C29H25N3O7S. The number of esters is 1. The summed E-state index contributed by atoms with van der Waals surface area (Å²) in [7, 11) is 0. The highest BCUT2D eigenvalue weighted by Gasteiger charge is 2.34. The molecule has 10 nitrogen and oxygen atoms in total. The SMILES string of the molecule is CCOC(=O)C1=C(C)N=c2s/c(=C/c3cc(OCC)c(O)c([N+](=O)[O-])c3)c(=O)n2[C@@H]1c1cccc2ccccc12. The Morgan fingerprint density at radius 1 is 1.18 bits per heavy atom. The van der Waals surface area contributed by atoms with Crippen LogP contribution < -0.4 is 19.6 Å². The summed E-state index contributed by atoms with van der Waals surface area (Å²) < 4.78 is 12.5. The molecule has 1 aliphatic rings. The summed E-state index contributed by atoms with van der Waals surface area (Å²) in [6.07, 6.45) is 1.49. The fourth-order valence-corrected chi connectivity index (χ4v) is 5.87. The van der Waals surface area contributed by atoms with Gasteiger partial charge in [0.05, 0.1) is 40.0 Å². The van der Waals surface area contributed by atoms with Gasteiger partial charge >= 0.3 is 11.7 Å². The summed E-state index contributed by atoms with van der Waals surface area (Å²) in [5.74, 6) is -1.22. The van der Waals surface area contributed by atoms with Gasteiger partial charge in [0.1, 0.15) is 0 Å². The molecule has 5 rings (SSSR count). The second kappa shape index (κ2) is 10.8. The molecule has 1 aromatic heterocycles. The molecule has 0 saturated carbocycles. The number of aromatic nitrogens is 1. The molecule has 1 atom stereocenters. The zero-order valence-corrected chi connectivity index (χ0v) is 22.7. The number of fused-ring (bicyclic) bond motifs is 2. The van der Waals surface area contributed by atoms with Gasteiger partial charge in [-0.3, -0.25) is 19.5 Å². The van der Waals surface area contributed by atoms with Crippen LogP contribution >= 0.6 is 11.3 Å². The fraction of sp³-hybridized carbons (Fsp3) is 0.207. The van der Waals surface area contributed by atoms with Crippen molar-refractivity contribution in [1.29, 1.82) is 0 Å². The number of thiazole rings is 1. The molecule has 0 fully saturated rings. The van der Waals surface area contributed by atoms with Crippen molar-refractivity contribution < 1.29 is 24.3 Å². The van der Waals surface area contributed by atoms with Crippen molar-refractivity contribution >= 4 is 39.8 Å². The van der Waals surface area contributed by atoms with Crippen LogP contribution in [0.3, 0.4) is 0 Å². The van der Waals surface area contributed by atoms with Crippen molar-refractivity contribution in [2.45, 2.75) is 26.8 Å². The Bertz CT molecular complexity index is 1880. The molecule has 0 amide bonds. The van der Waals surface area contributed by atoms with E-state index in [4.69, 9.17) is 9.47 Å². The van der Waals surface area contributed by atoms with Crippen molar-refractivity contribution in [3.63, 3.8) is 0 Å². The fourth-order valence-electron chi connectivity index (χ4n) is 4.83. The maximum absolute atomic E-state index is 14.0. The highest BCUT2D eigenvalue weighted by molar-refractivity contribution is 7.07. The smallest absolute Gasteiger partial charge is 0.338 e. The number of rotatable bonds is 7. The number of nitrogens with zero attached hydrogens (tertiary/aromatic N) is 3. The Morgan fingerprint density at radius 2 is 1.93 bits per heavy atom. The van der Waals surface area contributed by atoms with Gasteiger partial charge in [0.2, 0.25) is 5.75 Å². The van der Waals surface area contributed by atoms with Crippen LogP contribution in [0.1, 0.15) is 37.9 Å². The standard InChI is InChI=1S/C29H25N3O7S/c1-4-38-22-14-17(13-21(26(22)33)32(36)37)15-23-27(34)31-25(20-12-8-10-18-9-6-7-11-19(18)20)24(28(35)39-5-2)16(3)30-29(31)40-23/h6-15,25,33H,4-5H2,1-3H3/b23-15+/t25-/m1/s1. The van der Waals surface area contributed by atoms with Gasteiger partial charge in [-0.05, 0) is 54.8 Å². The van der Waals surface area contributed by atoms with Crippen molar-refractivity contribution in [2.24, 2.45) is 4.99 Å². The number of carbonyl (C=O) groups is 1. The first-order valence-electron chi connectivity index (χ1n) is 12.6. The van der Waals surface area contributed by atoms with E-state index >= 15 is 0 Å². The van der Waals surface area contributed by atoms with Crippen LogP contribution in [0.25, 0.3) is 16.8 Å². The Hall–Kier alpha value is -4.77. The predicted molar refractivity (Wildman–Crippen MR) is 150 cm³/mol. The number of phenols is 1. The lowest BCUT2D eigenvalue weighted by Crippen LogP contribution is -2.40. The molecule has 0 bridgehead atoms. The van der Waals surface area contributed by atoms with Crippen molar-refractivity contribution in [2.75, 3.05) is 13.2 Å². The maximum Gasteiger partial charge on any atom is 0.338 e. The molecule has 3 aromatic carbocycles. The second-order valence-electron chi connectivity index (χ2n) is 8.95. The molecule has 0 aliphatic carbocycles. The molecule has 204 valence electrons. The van der Waals surface area contributed by atoms with E-state index < -0.39 is 33.9 Å². The van der Waals surface area contributed by atoms with E-state index in [1.165, 1.54) is 22.8 Å². The summed E-state index contributed by atoms with van der Waals surface area (Å²) in [5.41, 5.74) is 0.756. The third kappa shape index (κ3) is 4.64. The number of phenolic OH excluding ortho intramolecular Hbond substituents is 1. The van der Waals surface area contributed by atoms with Crippen molar-refractivity contribution in [3.05, 3.63) is 107 Å². The Kier molecular flexibility index (Phi) is 7.22. The van der Waals surface area contributed by atoms with E-state index in [1.54, 1.807) is 20.8 Å². The van der Waals surface area contributed by atoms with Crippen LogP contribution in [0, 0.1) is 10.1 Å². The number of carbonyl (C=O) groups excluding carboxylic acids is 1. The average molecular weight is 560 g/mol. The number of benzene rings is 3. The highest BCUT2D eigenvalue weighted by Crippen LogP contribution is 2.38. The third-order valence-corrected chi connectivity index (χ3v) is 7.49. The average Bonchev–Trinajstić information content (AvgIpc) is 3.23. The van der Waals surface area contributed by atoms with Gasteiger partial charge in [0, 0.05) is 6.07 Å². The second-order valence-corrected chi connectivity index (χ2v) is 9.96. The zero-order valence-electron chi connectivity index (χ0n) is 21.9. The van der Waals surface area contributed by atoms with E-state index in [1.807, 2.05) is 42.5 Å². The zero-order chi connectivity index (χ0) is 28.6. The molecule has 11 heteroatoms. The Balaban J connectivity index is 1.78. The molecule has 40 heavy (non-hydrogen) atoms. The first-order chi connectivity index (χ1) is 19.2. The summed E-state index contributed by atoms with van der Waals surface area (Å²) in [6.45, 7) is 5.44. The van der Waals surface area contributed by atoms with Gasteiger partial charge in [-0.15, -0.1) is 0 Å². The van der Waals surface area contributed by atoms with E-state index in [2.05, 4.69) is 4.99 Å². The molecular weight excluding hydrogens is 534 g/mol. The number of aromatic hydroxyl groups is 1. The Labute approximate surface area is 231 Å². The predicted octanol–water partition coefficient (Wildman–Crippen LogP) is 3.96. The molecule has 0 saturated heterocycles. The summed E-state index contributed by atoms with van der Waals surface area (Å²) in [4.78, 5) is 43.0. The van der Waals surface area contributed by atoms with E-state index in [0.717, 1.165) is 27.7 Å². The topological polar surface area (TPSA) is 133 Å². The van der Waals surface area contributed by atoms with Crippen LogP contribution in [0.5, 0.6) is 11.5 Å². The monoisotopic (exact) mass is 559 g/mol. The first kappa shape index (κ1) is 26.8. The summed E-state index contributed by atoms with van der Waals surface area (Å²) in [6, 6.07) is 15.2. The highest BCUT2D eigenvalue weighted by atomic mass is 32.1. The lowest BCUT2D eigenvalue weighted by atomic mass is 9.91. The third-order valence-electron chi connectivity index (χ3n) is 6.51. The van der Waals surface area contributed by atoms with Crippen LogP contribution in [-0.2, 0) is 9.53 Å². The molecule has 2 heterocycles. The minimum atomic E-state index is -0.809. The summed E-state index contributed by atoms with van der Waals surface area (Å²) >= 11 is 1.10. The largest absolute Gasteiger partial charge is 0.500 e. The molecule has 0 unspecified atom stereocenters. The number of nitro benzene ring substituents is 1. The quantitative estimate of drug-likeness (QED) is 0.206. The number of hydrogen-bond donors (Lipinski definition) is 1. The maximum atomic E-state index is 14.0. The van der Waals surface area contributed by atoms with Gasteiger partial charge in [-0.2, -0.15) is 0 Å². The number of ether oxygens (including phenoxy) is 2. The molecule has 0 radical (unpaired) electrons. The lowest BCUT2D eigenvalue weighted by molar-refractivity contribution is -0.386. The van der Waals surface area contributed by atoms with E-state index in [0.29, 0.717) is 16.1 Å². The van der Waals surface area contributed by atoms with E-state index in [-0.39, 0.29) is 29.1 Å². The molecule has 1 aliphatic heterocycles. The van der Waals surface area contributed by atoms with Crippen LogP contribution in [0.2, 0.25) is 0 Å². The number of nitro groups is 1. The van der Waals surface area contributed by atoms with Crippen LogP contribution in [-0.4, -0.2) is 33.8 Å². The number of allylic oxidation sites excluding steroid dienone is 1. The van der Waals surface area contributed by atoms with Crippen LogP contribution in [0.15, 0.2) is 75.7 Å². The first-order valence-corrected chi connectivity index (χ1v) is 13.4. The minimum absolute atomic E-state index is 0.0650. The minimum Gasteiger partial charge on any atom is -0.500 e. The Morgan fingerprint density at radius 3 is 2.65 bits per heavy atom. The van der Waals surface area contributed by atoms with Crippen molar-refractivity contribution in [3.8, 4) is 11.5 Å². The van der Waals surface area contributed by atoms with Gasteiger partial charge in [-0.1, -0.05) is 53.8 Å².